The lowest BCUT2D eigenvalue weighted by Crippen LogP contribution is -2.50. The molecule has 0 unspecified atom stereocenters. The molecule has 0 aromatic heterocycles. The van der Waals surface area contributed by atoms with Crippen molar-refractivity contribution in [1.82, 2.24) is 4.90 Å². The Labute approximate surface area is 154 Å². The number of terminal acetylenes is 1. The Balaban J connectivity index is 2.15. The van der Waals surface area contributed by atoms with Gasteiger partial charge in [0.1, 0.15) is 0 Å². The lowest BCUT2D eigenvalue weighted by molar-refractivity contribution is -0.0271. The maximum absolute atomic E-state index is 9.88. The molecule has 2 rings (SSSR count). The van der Waals surface area contributed by atoms with E-state index in [0.717, 1.165) is 38.0 Å². The highest BCUT2D eigenvalue weighted by Crippen LogP contribution is 2.47. The van der Waals surface area contributed by atoms with E-state index < -0.39 is 0 Å². The third-order valence-corrected chi connectivity index (χ3v) is 5.78. The molecule has 0 amide bonds. The van der Waals surface area contributed by atoms with E-state index in [4.69, 9.17) is 6.42 Å². The molecule has 0 radical (unpaired) electrons. The Kier molecular flexibility index (Phi) is 6.02. The zero-order valence-corrected chi connectivity index (χ0v) is 16.7. The zero-order valence-electron chi connectivity index (χ0n) is 16.7. The first-order chi connectivity index (χ1) is 11.6. The number of nitrogens with zero attached hydrogens (tertiary/aromatic N) is 1. The van der Waals surface area contributed by atoms with Gasteiger partial charge in [-0.05, 0) is 53.2 Å². The summed E-state index contributed by atoms with van der Waals surface area (Å²) in [5.41, 5.74) is 2.79. The van der Waals surface area contributed by atoms with Crippen molar-refractivity contribution < 1.29 is 5.11 Å². The number of hydrogen-bond acceptors (Lipinski definition) is 2. The van der Waals surface area contributed by atoms with E-state index in [1.165, 1.54) is 12.0 Å². The number of benzene rings is 1. The second-order valence-electron chi connectivity index (χ2n) is 9.64. The van der Waals surface area contributed by atoms with Gasteiger partial charge in [-0.1, -0.05) is 52.7 Å². The van der Waals surface area contributed by atoms with E-state index in [2.05, 4.69) is 57.6 Å². The summed E-state index contributed by atoms with van der Waals surface area (Å²) in [6.45, 7) is 15.0. The summed E-state index contributed by atoms with van der Waals surface area (Å²) in [5.74, 6) is 2.69. The standard InChI is InChI=1S/C23H35NO/c1-7-19-9-11-20(12-10-19)13-24-16-21(3,4)14-23(6,17-24)15-22(5,8-2)18-25/h1,9-12,25H,8,13-18H2,2-6H3/t22-,23-/m1/s1. The van der Waals surface area contributed by atoms with Crippen LogP contribution in [-0.4, -0.2) is 29.7 Å². The van der Waals surface area contributed by atoms with E-state index in [1.54, 1.807) is 0 Å². The SMILES string of the molecule is C#Cc1ccc(CN2CC(C)(C)C[C@](C)(C[C@@](C)(CC)CO)C2)cc1. The minimum atomic E-state index is 0.0162. The fraction of sp³-hybridized carbons (Fsp3) is 0.652. The summed E-state index contributed by atoms with van der Waals surface area (Å²) in [4.78, 5) is 2.59. The van der Waals surface area contributed by atoms with Crippen molar-refractivity contribution in [2.24, 2.45) is 16.2 Å². The van der Waals surface area contributed by atoms with Gasteiger partial charge in [-0.2, -0.15) is 0 Å². The molecule has 138 valence electrons. The highest BCUT2D eigenvalue weighted by molar-refractivity contribution is 5.34. The average Bonchev–Trinajstić information content (AvgIpc) is 2.53. The highest BCUT2D eigenvalue weighted by atomic mass is 16.3. The lowest BCUT2D eigenvalue weighted by atomic mass is 9.63. The monoisotopic (exact) mass is 341 g/mol. The number of likely N-dealkylation sites (tertiary alicyclic amines) is 1. The molecule has 25 heavy (non-hydrogen) atoms. The van der Waals surface area contributed by atoms with Crippen LogP contribution >= 0.6 is 0 Å². The molecule has 1 aromatic rings. The summed E-state index contributed by atoms with van der Waals surface area (Å²) < 4.78 is 0. The molecule has 1 aromatic carbocycles. The Morgan fingerprint density at radius 1 is 1.20 bits per heavy atom. The van der Waals surface area contributed by atoms with E-state index >= 15 is 0 Å². The Morgan fingerprint density at radius 3 is 2.36 bits per heavy atom. The quantitative estimate of drug-likeness (QED) is 0.758. The molecule has 0 bridgehead atoms. The van der Waals surface area contributed by atoms with Crippen LogP contribution in [0.25, 0.3) is 0 Å². The normalized spacial score (nSPS) is 26.0. The van der Waals surface area contributed by atoms with E-state index in [9.17, 15) is 5.11 Å². The molecule has 0 saturated carbocycles. The lowest BCUT2D eigenvalue weighted by Gasteiger charge is -2.51. The van der Waals surface area contributed by atoms with E-state index in [-0.39, 0.29) is 22.9 Å². The van der Waals surface area contributed by atoms with E-state index in [1.807, 2.05) is 12.1 Å². The molecule has 1 aliphatic heterocycles. The molecule has 1 heterocycles. The third kappa shape index (κ3) is 5.33. The van der Waals surface area contributed by atoms with Crippen molar-refractivity contribution in [3.63, 3.8) is 0 Å². The van der Waals surface area contributed by atoms with Crippen molar-refractivity contribution in [2.45, 2.75) is 60.4 Å². The molecule has 1 saturated heterocycles. The number of piperidine rings is 1. The summed E-state index contributed by atoms with van der Waals surface area (Å²) in [6.07, 6.45) is 8.76. The van der Waals surface area contributed by atoms with Crippen LogP contribution in [0.3, 0.4) is 0 Å². The molecule has 1 N–H and O–H groups in total. The van der Waals surface area contributed by atoms with Gasteiger partial charge in [0.2, 0.25) is 0 Å². The van der Waals surface area contributed by atoms with E-state index in [0.29, 0.717) is 0 Å². The van der Waals surface area contributed by atoms with Gasteiger partial charge in [0.25, 0.3) is 0 Å². The average molecular weight is 342 g/mol. The van der Waals surface area contributed by atoms with Crippen LogP contribution in [0.4, 0.5) is 0 Å². The summed E-state index contributed by atoms with van der Waals surface area (Å²) in [6, 6.07) is 8.36. The van der Waals surface area contributed by atoms with Crippen LogP contribution in [0.5, 0.6) is 0 Å². The van der Waals surface area contributed by atoms with Crippen molar-refractivity contribution in [2.75, 3.05) is 19.7 Å². The Hall–Kier alpha value is -1.30. The molecule has 0 spiro atoms. The van der Waals surface area contributed by atoms with Crippen molar-refractivity contribution >= 4 is 0 Å². The third-order valence-electron chi connectivity index (χ3n) is 5.78. The number of aliphatic hydroxyl groups is 1. The maximum Gasteiger partial charge on any atom is 0.0484 e. The maximum atomic E-state index is 9.88. The van der Waals surface area contributed by atoms with Crippen LogP contribution in [0.15, 0.2) is 24.3 Å². The van der Waals surface area contributed by atoms with Crippen molar-refractivity contribution in [3.8, 4) is 12.3 Å². The molecular formula is C23H35NO. The molecule has 0 aliphatic carbocycles. The van der Waals surface area contributed by atoms with Crippen LogP contribution in [0.1, 0.15) is 65.0 Å². The largest absolute Gasteiger partial charge is 0.396 e. The summed E-state index contributed by atoms with van der Waals surface area (Å²) >= 11 is 0. The zero-order chi connectivity index (χ0) is 18.7. The van der Waals surface area contributed by atoms with Gasteiger partial charge in [0.15, 0.2) is 0 Å². The first-order valence-corrected chi connectivity index (χ1v) is 9.51. The Bertz CT molecular complexity index is 606. The summed E-state index contributed by atoms with van der Waals surface area (Å²) in [7, 11) is 0. The molecule has 2 heteroatoms. The summed E-state index contributed by atoms with van der Waals surface area (Å²) in [5, 5.41) is 9.88. The minimum absolute atomic E-state index is 0.0162. The van der Waals surface area contributed by atoms with Gasteiger partial charge < -0.3 is 5.11 Å². The van der Waals surface area contributed by atoms with Crippen LogP contribution < -0.4 is 0 Å². The fourth-order valence-corrected chi connectivity index (χ4v) is 4.99. The minimum Gasteiger partial charge on any atom is -0.396 e. The predicted molar refractivity (Wildman–Crippen MR) is 106 cm³/mol. The topological polar surface area (TPSA) is 23.5 Å². The first kappa shape index (κ1) is 20.0. The Morgan fingerprint density at radius 2 is 1.84 bits per heavy atom. The number of aliphatic hydroxyl groups excluding tert-OH is 1. The van der Waals surface area contributed by atoms with Gasteiger partial charge in [-0.25, -0.2) is 0 Å². The number of rotatable bonds is 6. The molecule has 1 fully saturated rings. The van der Waals surface area contributed by atoms with Crippen molar-refractivity contribution in [1.29, 1.82) is 0 Å². The molecule has 1 aliphatic rings. The second-order valence-corrected chi connectivity index (χ2v) is 9.64. The van der Waals surface area contributed by atoms with Crippen LogP contribution in [0, 0.1) is 28.6 Å². The van der Waals surface area contributed by atoms with Gasteiger partial charge in [-0.15, -0.1) is 6.42 Å². The molecular weight excluding hydrogens is 306 g/mol. The van der Waals surface area contributed by atoms with Gasteiger partial charge >= 0.3 is 0 Å². The van der Waals surface area contributed by atoms with Gasteiger partial charge in [0.05, 0.1) is 0 Å². The first-order valence-electron chi connectivity index (χ1n) is 9.51. The second kappa shape index (κ2) is 7.52. The van der Waals surface area contributed by atoms with Gasteiger partial charge in [0, 0.05) is 31.8 Å². The highest BCUT2D eigenvalue weighted by Gasteiger charge is 2.43. The van der Waals surface area contributed by atoms with Crippen LogP contribution in [-0.2, 0) is 6.54 Å². The fourth-order valence-electron chi connectivity index (χ4n) is 4.99. The molecule has 2 atom stereocenters. The smallest absolute Gasteiger partial charge is 0.0484 e. The van der Waals surface area contributed by atoms with Gasteiger partial charge in [-0.3, -0.25) is 4.90 Å². The molecule has 2 nitrogen and oxygen atoms in total. The van der Waals surface area contributed by atoms with Crippen LogP contribution in [0.2, 0.25) is 0 Å². The van der Waals surface area contributed by atoms with Crippen molar-refractivity contribution in [3.05, 3.63) is 35.4 Å². The predicted octanol–water partition coefficient (Wildman–Crippen LogP) is 4.70. The number of hydrogen-bond donors (Lipinski definition) is 1.